The van der Waals surface area contributed by atoms with Crippen LogP contribution >= 0.6 is 11.6 Å². The Bertz CT molecular complexity index is 433. The lowest BCUT2D eigenvalue weighted by Crippen LogP contribution is -2.49. The van der Waals surface area contributed by atoms with E-state index in [9.17, 15) is 0 Å². The maximum atomic E-state index is 6.41. The summed E-state index contributed by atoms with van der Waals surface area (Å²) in [5, 5.41) is 8.77. The lowest BCUT2D eigenvalue weighted by atomic mass is 9.90. The quantitative estimate of drug-likeness (QED) is 0.920. The number of hydrogen-bond acceptors (Lipinski definition) is 3. The molecule has 4 nitrogen and oxygen atoms in total. The highest BCUT2D eigenvalue weighted by molar-refractivity contribution is 6.31. The molecule has 0 atom stereocenters. The average molecular weight is 285 g/mol. The fraction of sp³-hybridized carbons (Fsp3) is 0.786. The molecule has 0 saturated carbocycles. The van der Waals surface area contributed by atoms with Crippen LogP contribution < -0.4 is 5.32 Å². The highest BCUT2D eigenvalue weighted by atomic mass is 35.5. The Morgan fingerprint density at radius 3 is 2.47 bits per heavy atom. The third kappa shape index (κ3) is 3.12. The van der Waals surface area contributed by atoms with Crippen molar-refractivity contribution in [2.75, 3.05) is 20.1 Å². The van der Waals surface area contributed by atoms with E-state index in [4.69, 9.17) is 11.6 Å². The Balaban J connectivity index is 2.02. The molecule has 0 bridgehead atoms. The van der Waals surface area contributed by atoms with Crippen LogP contribution in [0.1, 0.15) is 38.1 Å². The van der Waals surface area contributed by atoms with Crippen LogP contribution in [-0.2, 0) is 20.0 Å². The van der Waals surface area contributed by atoms with Gasteiger partial charge in [0.2, 0.25) is 0 Å². The number of aryl methyl sites for hydroxylation is 2. The summed E-state index contributed by atoms with van der Waals surface area (Å²) in [6.45, 7) is 7.52. The highest BCUT2D eigenvalue weighted by Gasteiger charge is 2.29. The number of likely N-dealkylation sites (tertiary alicyclic amines) is 1. The lowest BCUT2D eigenvalue weighted by molar-refractivity contribution is 0.144. The van der Waals surface area contributed by atoms with Gasteiger partial charge in [-0.1, -0.05) is 18.5 Å². The Morgan fingerprint density at radius 2 is 2.00 bits per heavy atom. The molecule has 1 saturated heterocycles. The van der Waals surface area contributed by atoms with E-state index in [-0.39, 0.29) is 0 Å². The minimum Gasteiger partial charge on any atom is -0.314 e. The minimum atomic E-state index is 0.293. The summed E-state index contributed by atoms with van der Waals surface area (Å²) < 4.78 is 1.94. The number of rotatable bonds is 4. The van der Waals surface area contributed by atoms with Crippen molar-refractivity contribution in [2.45, 2.75) is 45.2 Å². The fourth-order valence-electron chi connectivity index (χ4n) is 2.66. The molecule has 1 aliphatic rings. The monoisotopic (exact) mass is 284 g/mol. The number of aromatic nitrogens is 2. The third-order valence-corrected chi connectivity index (χ3v) is 4.88. The van der Waals surface area contributed by atoms with Crippen LogP contribution in [0, 0.1) is 0 Å². The molecule has 0 spiro atoms. The first kappa shape index (κ1) is 14.8. The molecule has 2 heterocycles. The molecular formula is C14H25ClN4. The minimum absolute atomic E-state index is 0.293. The summed E-state index contributed by atoms with van der Waals surface area (Å²) in [4.78, 5) is 2.47. The first-order valence-corrected chi connectivity index (χ1v) is 7.48. The van der Waals surface area contributed by atoms with E-state index in [2.05, 4.69) is 36.2 Å². The molecule has 0 unspecified atom stereocenters. The van der Waals surface area contributed by atoms with Crippen molar-refractivity contribution in [3.05, 3.63) is 16.4 Å². The molecule has 0 amide bonds. The summed E-state index contributed by atoms with van der Waals surface area (Å²) in [6.07, 6.45) is 3.25. The van der Waals surface area contributed by atoms with Gasteiger partial charge in [0, 0.05) is 32.2 Å². The van der Waals surface area contributed by atoms with Crippen LogP contribution in [0.5, 0.6) is 0 Å². The molecule has 108 valence electrons. The van der Waals surface area contributed by atoms with Crippen molar-refractivity contribution in [1.29, 1.82) is 0 Å². The third-order valence-electron chi connectivity index (χ3n) is 4.44. The van der Waals surface area contributed by atoms with Gasteiger partial charge in [-0.25, -0.2) is 0 Å². The van der Waals surface area contributed by atoms with Crippen molar-refractivity contribution in [1.82, 2.24) is 20.0 Å². The van der Waals surface area contributed by atoms with Crippen molar-refractivity contribution in [3.63, 3.8) is 0 Å². The summed E-state index contributed by atoms with van der Waals surface area (Å²) in [6, 6.07) is 0. The molecule has 1 aliphatic heterocycles. The number of nitrogens with zero attached hydrogens (tertiary/aromatic N) is 3. The maximum Gasteiger partial charge on any atom is 0.0863 e. The van der Waals surface area contributed by atoms with Gasteiger partial charge >= 0.3 is 0 Å². The molecule has 0 aliphatic carbocycles. The van der Waals surface area contributed by atoms with Gasteiger partial charge in [-0.15, -0.1) is 0 Å². The molecule has 2 rings (SSSR count). The van der Waals surface area contributed by atoms with E-state index in [1.807, 2.05) is 11.7 Å². The zero-order valence-electron chi connectivity index (χ0n) is 12.5. The summed E-state index contributed by atoms with van der Waals surface area (Å²) in [7, 11) is 4.04. The van der Waals surface area contributed by atoms with Gasteiger partial charge in [-0.2, -0.15) is 5.10 Å². The number of piperidine rings is 1. The second-order valence-electron chi connectivity index (χ2n) is 5.77. The normalized spacial score (nSPS) is 19.8. The Kier molecular flexibility index (Phi) is 4.54. The molecule has 0 radical (unpaired) electrons. The van der Waals surface area contributed by atoms with E-state index in [1.54, 1.807) is 0 Å². The zero-order valence-corrected chi connectivity index (χ0v) is 13.2. The van der Waals surface area contributed by atoms with Gasteiger partial charge in [0.25, 0.3) is 0 Å². The van der Waals surface area contributed by atoms with Crippen LogP contribution in [0.4, 0.5) is 0 Å². The zero-order chi connectivity index (χ0) is 14.0. The molecule has 1 fully saturated rings. The van der Waals surface area contributed by atoms with E-state index in [1.165, 1.54) is 12.8 Å². The maximum absolute atomic E-state index is 6.41. The molecule has 1 aromatic heterocycles. The fourth-order valence-corrected chi connectivity index (χ4v) is 3.01. The largest absolute Gasteiger partial charge is 0.314 e. The summed E-state index contributed by atoms with van der Waals surface area (Å²) in [5.41, 5.74) is 2.45. The predicted octanol–water partition coefficient (Wildman–Crippen LogP) is 2.21. The molecule has 1 aromatic rings. The van der Waals surface area contributed by atoms with Crippen molar-refractivity contribution < 1.29 is 0 Å². The van der Waals surface area contributed by atoms with Gasteiger partial charge < -0.3 is 5.32 Å². The van der Waals surface area contributed by atoms with Crippen molar-refractivity contribution in [2.24, 2.45) is 7.05 Å². The van der Waals surface area contributed by atoms with Gasteiger partial charge in [0.05, 0.1) is 16.4 Å². The van der Waals surface area contributed by atoms with Crippen LogP contribution in [0.2, 0.25) is 5.02 Å². The topological polar surface area (TPSA) is 33.1 Å². The van der Waals surface area contributed by atoms with Gasteiger partial charge in [-0.3, -0.25) is 9.58 Å². The first-order chi connectivity index (χ1) is 8.99. The van der Waals surface area contributed by atoms with E-state index in [0.717, 1.165) is 42.5 Å². The van der Waals surface area contributed by atoms with E-state index in [0.29, 0.717) is 5.54 Å². The van der Waals surface area contributed by atoms with Crippen LogP contribution in [-0.4, -0.2) is 40.4 Å². The summed E-state index contributed by atoms with van der Waals surface area (Å²) >= 11 is 6.41. The standard InChI is InChI=1S/C14H25ClN4/c1-5-11-13(15)12(18(4)17-11)10-19-8-6-14(2,16-3)7-9-19/h16H,5-10H2,1-4H3. The first-order valence-electron chi connectivity index (χ1n) is 7.10. The van der Waals surface area contributed by atoms with Gasteiger partial charge in [-0.05, 0) is 33.2 Å². The predicted molar refractivity (Wildman–Crippen MR) is 79.6 cm³/mol. The molecule has 1 N–H and O–H groups in total. The second-order valence-corrected chi connectivity index (χ2v) is 6.15. The van der Waals surface area contributed by atoms with Crippen LogP contribution in [0.3, 0.4) is 0 Å². The molecule has 19 heavy (non-hydrogen) atoms. The molecule has 0 aromatic carbocycles. The average Bonchev–Trinajstić information content (AvgIpc) is 2.69. The van der Waals surface area contributed by atoms with Crippen LogP contribution in [0.25, 0.3) is 0 Å². The van der Waals surface area contributed by atoms with Crippen molar-refractivity contribution >= 4 is 11.6 Å². The smallest absolute Gasteiger partial charge is 0.0863 e. The second kappa shape index (κ2) is 5.81. The number of hydrogen-bond donors (Lipinski definition) is 1. The SMILES string of the molecule is CCc1nn(C)c(CN2CCC(C)(NC)CC2)c1Cl. The molecular weight excluding hydrogens is 260 g/mol. The van der Waals surface area contributed by atoms with E-state index >= 15 is 0 Å². The lowest BCUT2D eigenvalue weighted by Gasteiger charge is -2.39. The van der Waals surface area contributed by atoms with Crippen molar-refractivity contribution in [3.8, 4) is 0 Å². The number of halogens is 1. The highest BCUT2D eigenvalue weighted by Crippen LogP contribution is 2.26. The Labute approximate surface area is 121 Å². The van der Waals surface area contributed by atoms with Crippen LogP contribution in [0.15, 0.2) is 0 Å². The summed E-state index contributed by atoms with van der Waals surface area (Å²) in [5.74, 6) is 0. The van der Waals surface area contributed by atoms with Gasteiger partial charge in [0.15, 0.2) is 0 Å². The van der Waals surface area contributed by atoms with E-state index < -0.39 is 0 Å². The Morgan fingerprint density at radius 1 is 1.37 bits per heavy atom. The molecule has 5 heteroatoms. The Hall–Kier alpha value is -0.580. The number of nitrogens with one attached hydrogen (secondary N) is 1. The van der Waals surface area contributed by atoms with Gasteiger partial charge in [0.1, 0.15) is 0 Å².